The Morgan fingerprint density at radius 3 is 2.65 bits per heavy atom. The van der Waals surface area contributed by atoms with Gasteiger partial charge in [-0.25, -0.2) is 4.39 Å². The lowest BCUT2D eigenvalue weighted by Crippen LogP contribution is -2.42. The number of rotatable bonds is 4. The summed E-state index contributed by atoms with van der Waals surface area (Å²) in [4.78, 5) is 14.2. The fraction of sp³-hybridized carbons (Fsp3) is 0.412. The number of carbonyl (C=O) groups excluding carboxylic acids is 1. The summed E-state index contributed by atoms with van der Waals surface area (Å²) in [5.41, 5.74) is 0.880. The van der Waals surface area contributed by atoms with Crippen LogP contribution in [0, 0.1) is 5.82 Å². The van der Waals surface area contributed by atoms with Crippen molar-refractivity contribution >= 4 is 5.91 Å². The summed E-state index contributed by atoms with van der Waals surface area (Å²) >= 11 is 0. The Kier molecular flexibility index (Phi) is 4.17. The molecular weight excluding hydrogens is 297 g/mol. The third kappa shape index (κ3) is 3.27. The van der Waals surface area contributed by atoms with Crippen LogP contribution in [0.5, 0.6) is 0 Å². The average Bonchev–Trinajstić information content (AvgIpc) is 3.16. The predicted octanol–water partition coefficient (Wildman–Crippen LogP) is 2.59. The first-order valence-corrected chi connectivity index (χ1v) is 7.76. The van der Waals surface area contributed by atoms with Gasteiger partial charge in [0.1, 0.15) is 5.82 Å². The Morgan fingerprint density at radius 1 is 1.35 bits per heavy atom. The van der Waals surface area contributed by atoms with E-state index in [-0.39, 0.29) is 11.7 Å². The molecule has 0 unspecified atom stereocenters. The van der Waals surface area contributed by atoms with Gasteiger partial charge in [0.15, 0.2) is 0 Å². The highest BCUT2D eigenvalue weighted by Crippen LogP contribution is 2.30. The van der Waals surface area contributed by atoms with Gasteiger partial charge in [-0.3, -0.25) is 9.89 Å². The molecule has 2 N–H and O–H groups in total. The second kappa shape index (κ2) is 6.12. The van der Waals surface area contributed by atoms with E-state index in [0.29, 0.717) is 23.4 Å². The molecule has 1 saturated carbocycles. The Balaban J connectivity index is 1.80. The number of likely N-dealkylation sites (N-methyl/N-ethyl adjacent to an activating group) is 1. The summed E-state index contributed by atoms with van der Waals surface area (Å²) in [5.74, 6) is -0.542. The lowest BCUT2D eigenvalue weighted by molar-refractivity contribution is 0.0157. The number of nitrogens with zero attached hydrogens (tertiary/aromatic N) is 2. The molecule has 122 valence electrons. The highest BCUT2D eigenvalue weighted by molar-refractivity contribution is 5.99. The van der Waals surface area contributed by atoms with Gasteiger partial charge in [-0.15, -0.1) is 0 Å². The van der Waals surface area contributed by atoms with Crippen LogP contribution in [0.15, 0.2) is 30.5 Å². The van der Waals surface area contributed by atoms with Crippen molar-refractivity contribution < 1.29 is 14.3 Å². The number of amides is 1. The number of H-pyrrole nitrogens is 1. The Labute approximate surface area is 134 Å². The van der Waals surface area contributed by atoms with E-state index >= 15 is 0 Å². The van der Waals surface area contributed by atoms with E-state index in [2.05, 4.69) is 10.2 Å². The molecule has 1 heterocycles. The van der Waals surface area contributed by atoms with E-state index < -0.39 is 5.60 Å². The minimum absolute atomic E-state index is 0.210. The van der Waals surface area contributed by atoms with Gasteiger partial charge in [0.2, 0.25) is 0 Å². The van der Waals surface area contributed by atoms with E-state index in [1.54, 1.807) is 19.2 Å². The molecule has 0 spiro atoms. The van der Waals surface area contributed by atoms with Gasteiger partial charge in [-0.05, 0) is 37.1 Å². The number of halogens is 1. The third-order valence-corrected chi connectivity index (χ3v) is 4.42. The molecule has 0 radical (unpaired) electrons. The molecule has 1 aliphatic carbocycles. The zero-order chi connectivity index (χ0) is 16.4. The first-order chi connectivity index (χ1) is 11.0. The molecule has 1 aromatic carbocycles. The number of hydrogen-bond donors (Lipinski definition) is 2. The fourth-order valence-electron chi connectivity index (χ4n) is 3.20. The molecule has 6 heteroatoms. The van der Waals surface area contributed by atoms with Gasteiger partial charge in [0.25, 0.3) is 5.91 Å². The maximum Gasteiger partial charge on any atom is 0.257 e. The maximum absolute atomic E-state index is 13.1. The van der Waals surface area contributed by atoms with Crippen LogP contribution in [-0.4, -0.2) is 45.3 Å². The number of hydrogen-bond acceptors (Lipinski definition) is 3. The lowest BCUT2D eigenvalue weighted by atomic mass is 10.0. The maximum atomic E-state index is 13.1. The number of aliphatic hydroxyl groups is 1. The molecule has 1 amide bonds. The molecular formula is C17H20FN3O2. The highest BCUT2D eigenvalue weighted by Gasteiger charge is 2.34. The minimum Gasteiger partial charge on any atom is -0.388 e. The summed E-state index contributed by atoms with van der Waals surface area (Å²) in [6, 6.07) is 5.89. The van der Waals surface area contributed by atoms with Crippen molar-refractivity contribution in [2.45, 2.75) is 31.3 Å². The molecule has 0 bridgehead atoms. The molecule has 1 fully saturated rings. The SMILES string of the molecule is CN(CC1(O)CCCC1)C(=O)c1cn[nH]c1-c1ccc(F)cc1. The lowest BCUT2D eigenvalue weighted by Gasteiger charge is -2.28. The number of carbonyl (C=O) groups is 1. The standard InChI is InChI=1S/C17H20FN3O2/c1-21(11-17(23)8-2-3-9-17)16(22)14-10-19-20-15(14)12-4-6-13(18)7-5-12/h4-7,10,23H,2-3,8-9,11H2,1H3,(H,19,20). The van der Waals surface area contributed by atoms with Crippen molar-refractivity contribution in [3.63, 3.8) is 0 Å². The molecule has 0 atom stereocenters. The fourth-order valence-corrected chi connectivity index (χ4v) is 3.20. The molecule has 2 aromatic rings. The van der Waals surface area contributed by atoms with Gasteiger partial charge in [0, 0.05) is 19.2 Å². The molecule has 1 aromatic heterocycles. The van der Waals surface area contributed by atoms with Crippen LogP contribution in [-0.2, 0) is 0 Å². The van der Waals surface area contributed by atoms with E-state index in [9.17, 15) is 14.3 Å². The summed E-state index contributed by atoms with van der Waals surface area (Å²) in [5, 5.41) is 17.2. The van der Waals surface area contributed by atoms with Crippen molar-refractivity contribution in [2.24, 2.45) is 0 Å². The van der Waals surface area contributed by atoms with Crippen LogP contribution < -0.4 is 0 Å². The molecule has 5 nitrogen and oxygen atoms in total. The van der Waals surface area contributed by atoms with Gasteiger partial charge in [-0.2, -0.15) is 5.10 Å². The monoisotopic (exact) mass is 317 g/mol. The minimum atomic E-state index is -0.788. The third-order valence-electron chi connectivity index (χ3n) is 4.42. The zero-order valence-corrected chi connectivity index (χ0v) is 13.1. The number of aromatic nitrogens is 2. The summed E-state index contributed by atoms with van der Waals surface area (Å²) < 4.78 is 13.1. The van der Waals surface area contributed by atoms with E-state index in [4.69, 9.17) is 0 Å². The van der Waals surface area contributed by atoms with E-state index in [1.165, 1.54) is 23.2 Å². The Bertz CT molecular complexity index is 690. The van der Waals surface area contributed by atoms with Crippen LogP contribution in [0.25, 0.3) is 11.3 Å². The van der Waals surface area contributed by atoms with Crippen molar-refractivity contribution in [1.82, 2.24) is 15.1 Å². The average molecular weight is 317 g/mol. The van der Waals surface area contributed by atoms with Gasteiger partial charge in [-0.1, -0.05) is 12.8 Å². The summed E-state index contributed by atoms with van der Waals surface area (Å²) in [7, 11) is 1.68. The largest absolute Gasteiger partial charge is 0.388 e. The second-order valence-electron chi connectivity index (χ2n) is 6.26. The van der Waals surface area contributed by atoms with Crippen molar-refractivity contribution in [3.8, 4) is 11.3 Å². The molecule has 0 aliphatic heterocycles. The Hall–Kier alpha value is -2.21. The van der Waals surface area contributed by atoms with Crippen molar-refractivity contribution in [1.29, 1.82) is 0 Å². The smallest absolute Gasteiger partial charge is 0.257 e. The van der Waals surface area contributed by atoms with Crippen LogP contribution in [0.2, 0.25) is 0 Å². The topological polar surface area (TPSA) is 69.2 Å². The van der Waals surface area contributed by atoms with Crippen molar-refractivity contribution in [3.05, 3.63) is 41.8 Å². The summed E-state index contributed by atoms with van der Waals surface area (Å²) in [6.45, 7) is 0.305. The zero-order valence-electron chi connectivity index (χ0n) is 13.1. The Morgan fingerprint density at radius 2 is 2.00 bits per heavy atom. The molecule has 1 aliphatic rings. The molecule has 23 heavy (non-hydrogen) atoms. The molecule has 0 saturated heterocycles. The second-order valence-corrected chi connectivity index (χ2v) is 6.26. The van der Waals surface area contributed by atoms with E-state index in [0.717, 1.165) is 25.7 Å². The quantitative estimate of drug-likeness (QED) is 0.910. The van der Waals surface area contributed by atoms with Crippen molar-refractivity contribution in [2.75, 3.05) is 13.6 Å². The van der Waals surface area contributed by atoms with Gasteiger partial charge >= 0.3 is 0 Å². The first kappa shape index (κ1) is 15.7. The van der Waals surface area contributed by atoms with Gasteiger partial charge in [0.05, 0.1) is 23.1 Å². The van der Waals surface area contributed by atoms with Crippen LogP contribution in [0.3, 0.4) is 0 Å². The highest BCUT2D eigenvalue weighted by atomic mass is 19.1. The van der Waals surface area contributed by atoms with Crippen LogP contribution in [0.4, 0.5) is 4.39 Å². The molecule has 3 rings (SSSR count). The first-order valence-electron chi connectivity index (χ1n) is 7.76. The number of benzene rings is 1. The van der Waals surface area contributed by atoms with Crippen LogP contribution in [0.1, 0.15) is 36.0 Å². The predicted molar refractivity (Wildman–Crippen MR) is 84.4 cm³/mol. The van der Waals surface area contributed by atoms with Crippen LogP contribution >= 0.6 is 0 Å². The van der Waals surface area contributed by atoms with E-state index in [1.807, 2.05) is 0 Å². The van der Waals surface area contributed by atoms with Gasteiger partial charge < -0.3 is 10.0 Å². The number of nitrogens with one attached hydrogen (secondary N) is 1. The summed E-state index contributed by atoms with van der Waals surface area (Å²) in [6.07, 6.45) is 4.90. The number of aromatic amines is 1. The normalized spacial score (nSPS) is 16.5.